The molecule has 0 bridgehead atoms. The van der Waals surface area contributed by atoms with E-state index in [0.29, 0.717) is 12.5 Å². The van der Waals surface area contributed by atoms with Crippen LogP contribution in [-0.4, -0.2) is 19.0 Å². The molecule has 0 unspecified atom stereocenters. The van der Waals surface area contributed by atoms with Crippen LogP contribution in [0.2, 0.25) is 0 Å². The third-order valence-electron chi connectivity index (χ3n) is 2.60. The topological polar surface area (TPSA) is 41.1 Å². The highest BCUT2D eigenvalue weighted by Crippen LogP contribution is 2.21. The Morgan fingerprint density at radius 2 is 2.11 bits per heavy atom. The standard InChI is InChI=1S/C14H21BrN2O/c1-4-11-7-12(15)5-6-13(11)16-9-14(18)17-8-10(2)3/h5-7,10,16H,4,8-9H2,1-3H3,(H,17,18). The molecule has 0 spiro atoms. The predicted octanol–water partition coefficient (Wildman–Crippen LogP) is 3.20. The van der Waals surface area contributed by atoms with E-state index in [0.717, 1.165) is 23.1 Å². The SMILES string of the molecule is CCc1cc(Br)ccc1NCC(=O)NCC(C)C. The molecule has 3 nitrogen and oxygen atoms in total. The van der Waals surface area contributed by atoms with Crippen LogP contribution in [0.15, 0.2) is 22.7 Å². The van der Waals surface area contributed by atoms with E-state index >= 15 is 0 Å². The Labute approximate surface area is 117 Å². The van der Waals surface area contributed by atoms with Gasteiger partial charge in [-0.05, 0) is 36.1 Å². The van der Waals surface area contributed by atoms with Crippen LogP contribution in [0, 0.1) is 5.92 Å². The fourth-order valence-corrected chi connectivity index (χ4v) is 1.99. The van der Waals surface area contributed by atoms with Crippen molar-refractivity contribution in [3.05, 3.63) is 28.2 Å². The van der Waals surface area contributed by atoms with Crippen molar-refractivity contribution in [1.82, 2.24) is 5.32 Å². The summed E-state index contributed by atoms with van der Waals surface area (Å²) in [7, 11) is 0. The molecule has 0 aliphatic heterocycles. The summed E-state index contributed by atoms with van der Waals surface area (Å²) in [6.45, 7) is 7.31. The van der Waals surface area contributed by atoms with E-state index in [2.05, 4.69) is 53.4 Å². The van der Waals surface area contributed by atoms with Crippen molar-refractivity contribution in [2.75, 3.05) is 18.4 Å². The second-order valence-corrected chi connectivity index (χ2v) is 5.62. The van der Waals surface area contributed by atoms with Crippen molar-refractivity contribution in [2.45, 2.75) is 27.2 Å². The average Bonchev–Trinajstić information content (AvgIpc) is 2.34. The van der Waals surface area contributed by atoms with Gasteiger partial charge in [-0.25, -0.2) is 0 Å². The first-order valence-corrected chi connectivity index (χ1v) is 7.11. The minimum absolute atomic E-state index is 0.0358. The molecule has 0 saturated heterocycles. The number of halogens is 1. The van der Waals surface area contributed by atoms with E-state index in [-0.39, 0.29) is 5.91 Å². The molecule has 0 heterocycles. The Morgan fingerprint density at radius 1 is 1.39 bits per heavy atom. The van der Waals surface area contributed by atoms with E-state index in [1.54, 1.807) is 0 Å². The zero-order chi connectivity index (χ0) is 13.5. The molecule has 1 rings (SSSR count). The Balaban J connectivity index is 2.50. The van der Waals surface area contributed by atoms with E-state index in [1.807, 2.05) is 12.1 Å². The number of amides is 1. The fraction of sp³-hybridized carbons (Fsp3) is 0.500. The number of rotatable bonds is 6. The monoisotopic (exact) mass is 312 g/mol. The van der Waals surface area contributed by atoms with Gasteiger partial charge in [0.05, 0.1) is 6.54 Å². The molecule has 0 aliphatic rings. The van der Waals surface area contributed by atoms with Gasteiger partial charge in [0.25, 0.3) is 0 Å². The summed E-state index contributed by atoms with van der Waals surface area (Å²) in [5, 5.41) is 6.07. The van der Waals surface area contributed by atoms with Gasteiger partial charge in [-0.3, -0.25) is 4.79 Å². The number of hydrogen-bond donors (Lipinski definition) is 2. The van der Waals surface area contributed by atoms with Gasteiger partial charge in [0.15, 0.2) is 0 Å². The van der Waals surface area contributed by atoms with Crippen molar-refractivity contribution in [3.8, 4) is 0 Å². The van der Waals surface area contributed by atoms with Crippen LogP contribution in [0.1, 0.15) is 26.3 Å². The molecule has 0 aromatic heterocycles. The van der Waals surface area contributed by atoms with Crippen LogP contribution in [0.25, 0.3) is 0 Å². The normalized spacial score (nSPS) is 10.5. The first-order valence-electron chi connectivity index (χ1n) is 6.32. The second kappa shape index (κ2) is 7.41. The maximum absolute atomic E-state index is 11.6. The van der Waals surface area contributed by atoms with Crippen LogP contribution in [0.4, 0.5) is 5.69 Å². The van der Waals surface area contributed by atoms with Crippen LogP contribution in [-0.2, 0) is 11.2 Å². The molecule has 1 aromatic rings. The fourth-order valence-electron chi connectivity index (χ4n) is 1.58. The van der Waals surface area contributed by atoms with Crippen LogP contribution < -0.4 is 10.6 Å². The van der Waals surface area contributed by atoms with Gasteiger partial charge in [-0.15, -0.1) is 0 Å². The molecule has 0 radical (unpaired) electrons. The smallest absolute Gasteiger partial charge is 0.239 e. The molecule has 1 amide bonds. The summed E-state index contributed by atoms with van der Waals surface area (Å²) in [5.41, 5.74) is 2.24. The lowest BCUT2D eigenvalue weighted by atomic mass is 10.1. The molecule has 2 N–H and O–H groups in total. The molecule has 18 heavy (non-hydrogen) atoms. The van der Waals surface area contributed by atoms with E-state index in [4.69, 9.17) is 0 Å². The number of nitrogens with one attached hydrogen (secondary N) is 2. The average molecular weight is 313 g/mol. The second-order valence-electron chi connectivity index (χ2n) is 4.71. The first kappa shape index (κ1) is 15.0. The summed E-state index contributed by atoms with van der Waals surface area (Å²) in [5.74, 6) is 0.515. The van der Waals surface area contributed by atoms with E-state index in [9.17, 15) is 4.79 Å². The van der Waals surface area contributed by atoms with E-state index < -0.39 is 0 Å². The van der Waals surface area contributed by atoms with Crippen molar-refractivity contribution >= 4 is 27.5 Å². The number of carbonyl (C=O) groups is 1. The quantitative estimate of drug-likeness (QED) is 0.847. The van der Waals surface area contributed by atoms with Crippen molar-refractivity contribution in [2.24, 2.45) is 5.92 Å². The first-order chi connectivity index (χ1) is 8.52. The van der Waals surface area contributed by atoms with Crippen LogP contribution >= 0.6 is 15.9 Å². The van der Waals surface area contributed by atoms with Gasteiger partial charge < -0.3 is 10.6 Å². The van der Waals surface area contributed by atoms with Crippen LogP contribution in [0.5, 0.6) is 0 Å². The molecular formula is C14H21BrN2O. The summed E-state index contributed by atoms with van der Waals surface area (Å²) in [4.78, 5) is 11.6. The third-order valence-corrected chi connectivity index (χ3v) is 3.09. The van der Waals surface area contributed by atoms with Gasteiger partial charge >= 0.3 is 0 Å². The minimum atomic E-state index is 0.0358. The number of carbonyl (C=O) groups excluding carboxylic acids is 1. The summed E-state index contributed by atoms with van der Waals surface area (Å²) < 4.78 is 1.06. The minimum Gasteiger partial charge on any atom is -0.376 e. The molecule has 0 saturated carbocycles. The number of benzene rings is 1. The zero-order valence-corrected chi connectivity index (χ0v) is 12.8. The lowest BCUT2D eigenvalue weighted by Crippen LogP contribution is -2.32. The van der Waals surface area contributed by atoms with Crippen LogP contribution in [0.3, 0.4) is 0 Å². The van der Waals surface area contributed by atoms with Crippen molar-refractivity contribution < 1.29 is 4.79 Å². The van der Waals surface area contributed by atoms with Gasteiger partial charge in [0.2, 0.25) is 5.91 Å². The molecule has 0 atom stereocenters. The van der Waals surface area contributed by atoms with Gasteiger partial charge in [-0.2, -0.15) is 0 Å². The molecule has 1 aromatic carbocycles. The van der Waals surface area contributed by atoms with E-state index in [1.165, 1.54) is 5.56 Å². The highest BCUT2D eigenvalue weighted by Gasteiger charge is 2.05. The number of hydrogen-bond acceptors (Lipinski definition) is 2. The molecule has 4 heteroatoms. The maximum atomic E-state index is 11.6. The maximum Gasteiger partial charge on any atom is 0.239 e. The molecule has 0 aliphatic carbocycles. The highest BCUT2D eigenvalue weighted by atomic mass is 79.9. The predicted molar refractivity (Wildman–Crippen MR) is 79.9 cm³/mol. The zero-order valence-electron chi connectivity index (χ0n) is 11.2. The third kappa shape index (κ3) is 5.08. The molecule has 0 fully saturated rings. The highest BCUT2D eigenvalue weighted by molar-refractivity contribution is 9.10. The summed E-state index contributed by atoms with van der Waals surface area (Å²) in [6.07, 6.45) is 0.940. The van der Waals surface area contributed by atoms with Gasteiger partial charge in [0.1, 0.15) is 0 Å². The Bertz CT molecular complexity index is 405. The lowest BCUT2D eigenvalue weighted by molar-refractivity contribution is -0.119. The van der Waals surface area contributed by atoms with Gasteiger partial charge in [-0.1, -0.05) is 36.7 Å². The summed E-state index contributed by atoms with van der Waals surface area (Å²) >= 11 is 3.45. The number of anilines is 1. The Kier molecular flexibility index (Phi) is 6.19. The number of aryl methyl sites for hydroxylation is 1. The molecule has 100 valence electrons. The molecular weight excluding hydrogens is 292 g/mol. The Morgan fingerprint density at radius 3 is 2.72 bits per heavy atom. The lowest BCUT2D eigenvalue weighted by Gasteiger charge is -2.12. The van der Waals surface area contributed by atoms with Crippen molar-refractivity contribution in [3.63, 3.8) is 0 Å². The Hall–Kier alpha value is -1.03. The van der Waals surface area contributed by atoms with Gasteiger partial charge in [0, 0.05) is 16.7 Å². The summed E-state index contributed by atoms with van der Waals surface area (Å²) in [6, 6.07) is 6.06. The van der Waals surface area contributed by atoms with Crippen molar-refractivity contribution in [1.29, 1.82) is 0 Å². The largest absolute Gasteiger partial charge is 0.376 e.